The summed E-state index contributed by atoms with van der Waals surface area (Å²) in [7, 11) is 0. The Kier molecular flexibility index (Phi) is 4.61. The minimum Gasteiger partial charge on any atom is -0.331 e. The van der Waals surface area contributed by atoms with E-state index in [1.54, 1.807) is 24.3 Å². The second-order valence-electron chi connectivity index (χ2n) is 5.54. The number of hydrogen-bond donors (Lipinski definition) is 3. The molecular weight excluding hydrogens is 351 g/mol. The van der Waals surface area contributed by atoms with Crippen LogP contribution < -0.4 is 16.0 Å². The molecule has 0 spiro atoms. The number of carbonyl (C=O) groups is 3. The average molecular weight is 363 g/mol. The Balaban J connectivity index is 1.84. The highest BCUT2D eigenvalue weighted by Crippen LogP contribution is 2.29. The molecule has 1 aliphatic rings. The van der Waals surface area contributed by atoms with E-state index in [2.05, 4.69) is 10.6 Å². The van der Waals surface area contributed by atoms with E-state index in [4.69, 9.17) is 0 Å². The Morgan fingerprint density at radius 3 is 2.50 bits per heavy atom. The first-order valence-corrected chi connectivity index (χ1v) is 7.51. The maximum Gasteiger partial charge on any atom is 0.319 e. The van der Waals surface area contributed by atoms with Gasteiger partial charge >= 0.3 is 6.03 Å². The molecule has 0 aromatic heterocycles. The topological polar surface area (TPSA) is 87.3 Å². The van der Waals surface area contributed by atoms with Crippen LogP contribution in [0.2, 0.25) is 0 Å². The van der Waals surface area contributed by atoms with Crippen molar-refractivity contribution in [2.75, 3.05) is 10.6 Å². The number of hydrogen-bond acceptors (Lipinski definition) is 3. The van der Waals surface area contributed by atoms with Gasteiger partial charge < -0.3 is 16.0 Å². The molecule has 6 nitrogen and oxygen atoms in total. The molecule has 0 aliphatic carbocycles. The SMILES string of the molecule is O=C(Nc1c(F)ccc(F)c1F)NC1CC(=O)C(=O)Nc2ccccc21. The molecule has 3 N–H and O–H groups in total. The van der Waals surface area contributed by atoms with Crippen LogP contribution in [0.1, 0.15) is 18.0 Å². The zero-order valence-corrected chi connectivity index (χ0v) is 13.1. The van der Waals surface area contributed by atoms with Crippen LogP contribution in [-0.4, -0.2) is 17.7 Å². The number of Topliss-reactive ketones (excluding diaryl/α,β-unsaturated/α-hetero) is 1. The molecule has 0 saturated carbocycles. The Morgan fingerprint density at radius 2 is 1.73 bits per heavy atom. The van der Waals surface area contributed by atoms with Crippen LogP contribution >= 0.6 is 0 Å². The molecule has 2 aromatic carbocycles. The highest BCUT2D eigenvalue weighted by molar-refractivity contribution is 6.41. The number of rotatable bonds is 2. The fourth-order valence-corrected chi connectivity index (χ4v) is 2.57. The Morgan fingerprint density at radius 1 is 1.04 bits per heavy atom. The molecule has 3 amide bonds. The van der Waals surface area contributed by atoms with Gasteiger partial charge in [-0.2, -0.15) is 0 Å². The summed E-state index contributed by atoms with van der Waals surface area (Å²) < 4.78 is 40.5. The van der Waals surface area contributed by atoms with Crippen LogP contribution in [0.15, 0.2) is 36.4 Å². The summed E-state index contributed by atoms with van der Waals surface area (Å²) in [5, 5.41) is 6.68. The van der Waals surface area contributed by atoms with E-state index < -0.39 is 46.9 Å². The number of carbonyl (C=O) groups excluding carboxylic acids is 3. The summed E-state index contributed by atoms with van der Waals surface area (Å²) in [6.45, 7) is 0. The number of nitrogens with one attached hydrogen (secondary N) is 3. The zero-order chi connectivity index (χ0) is 18.8. The molecular formula is C17H12F3N3O3. The van der Waals surface area contributed by atoms with Gasteiger partial charge in [-0.15, -0.1) is 0 Å². The Hall–Kier alpha value is -3.36. The predicted octanol–water partition coefficient (Wildman–Crippen LogP) is 2.88. The number of fused-ring (bicyclic) bond motifs is 1. The lowest BCUT2D eigenvalue weighted by Crippen LogP contribution is -2.34. The van der Waals surface area contributed by atoms with Crippen molar-refractivity contribution in [1.82, 2.24) is 5.32 Å². The van der Waals surface area contributed by atoms with Crippen LogP contribution in [0.5, 0.6) is 0 Å². The van der Waals surface area contributed by atoms with Crippen molar-refractivity contribution in [2.45, 2.75) is 12.5 Å². The smallest absolute Gasteiger partial charge is 0.319 e. The van der Waals surface area contributed by atoms with Gasteiger partial charge in [0.05, 0.1) is 6.04 Å². The third kappa shape index (κ3) is 3.37. The maximum absolute atomic E-state index is 13.7. The third-order valence-corrected chi connectivity index (χ3v) is 3.82. The van der Waals surface area contributed by atoms with E-state index in [-0.39, 0.29) is 6.42 Å². The predicted molar refractivity (Wildman–Crippen MR) is 85.9 cm³/mol. The van der Waals surface area contributed by atoms with Gasteiger partial charge in [-0.1, -0.05) is 18.2 Å². The lowest BCUT2D eigenvalue weighted by atomic mass is 10.0. The van der Waals surface area contributed by atoms with E-state index in [9.17, 15) is 27.6 Å². The molecule has 0 saturated heterocycles. The van der Waals surface area contributed by atoms with Crippen molar-refractivity contribution in [1.29, 1.82) is 0 Å². The van der Waals surface area contributed by atoms with E-state index in [0.717, 1.165) is 0 Å². The lowest BCUT2D eigenvalue weighted by molar-refractivity contribution is -0.134. The van der Waals surface area contributed by atoms with Crippen LogP contribution in [0.3, 0.4) is 0 Å². The minimum absolute atomic E-state index is 0.330. The summed E-state index contributed by atoms with van der Waals surface area (Å²) in [6, 6.07) is 5.68. The number of para-hydroxylation sites is 1. The molecule has 0 fully saturated rings. The number of urea groups is 1. The first-order chi connectivity index (χ1) is 12.4. The fourth-order valence-electron chi connectivity index (χ4n) is 2.57. The quantitative estimate of drug-likeness (QED) is 0.566. The van der Waals surface area contributed by atoms with Gasteiger partial charge in [-0.25, -0.2) is 18.0 Å². The number of halogens is 3. The van der Waals surface area contributed by atoms with Crippen LogP contribution in [0, 0.1) is 17.5 Å². The zero-order valence-electron chi connectivity index (χ0n) is 13.1. The molecule has 0 radical (unpaired) electrons. The van der Waals surface area contributed by atoms with Gasteiger partial charge in [-0.3, -0.25) is 9.59 Å². The largest absolute Gasteiger partial charge is 0.331 e. The van der Waals surface area contributed by atoms with E-state index in [0.29, 0.717) is 23.4 Å². The van der Waals surface area contributed by atoms with Crippen LogP contribution in [-0.2, 0) is 9.59 Å². The van der Waals surface area contributed by atoms with Crippen molar-refractivity contribution < 1.29 is 27.6 Å². The van der Waals surface area contributed by atoms with Crippen molar-refractivity contribution in [3.63, 3.8) is 0 Å². The summed E-state index contributed by atoms with van der Waals surface area (Å²) in [6.07, 6.45) is -0.343. The average Bonchev–Trinajstić information content (AvgIpc) is 2.72. The molecule has 26 heavy (non-hydrogen) atoms. The standard InChI is InChI=1S/C17H12F3N3O3/c18-9-5-6-10(19)15(14(9)20)23-17(26)22-12-7-13(24)16(25)21-11-4-2-1-3-8(11)12/h1-6,12H,7H2,(H,21,25)(H2,22,23,26). The molecule has 1 aliphatic heterocycles. The van der Waals surface area contributed by atoms with Crippen molar-refractivity contribution in [3.05, 3.63) is 59.4 Å². The van der Waals surface area contributed by atoms with Gasteiger partial charge in [0, 0.05) is 12.1 Å². The number of ketones is 1. The van der Waals surface area contributed by atoms with Gasteiger partial charge in [0.1, 0.15) is 11.5 Å². The van der Waals surface area contributed by atoms with Crippen molar-refractivity contribution >= 4 is 29.1 Å². The fraction of sp³-hybridized carbons (Fsp3) is 0.118. The summed E-state index contributed by atoms with van der Waals surface area (Å²) in [4.78, 5) is 35.6. The normalized spacial score (nSPS) is 16.3. The second-order valence-corrected chi connectivity index (χ2v) is 5.54. The number of anilines is 2. The van der Waals surface area contributed by atoms with Gasteiger partial charge in [0.15, 0.2) is 11.6 Å². The molecule has 134 valence electrons. The molecule has 3 rings (SSSR count). The Labute approximate surface area is 145 Å². The van der Waals surface area contributed by atoms with Gasteiger partial charge in [0.25, 0.3) is 5.91 Å². The monoisotopic (exact) mass is 363 g/mol. The maximum atomic E-state index is 13.7. The van der Waals surface area contributed by atoms with Gasteiger partial charge in [0.2, 0.25) is 5.78 Å². The van der Waals surface area contributed by atoms with E-state index >= 15 is 0 Å². The molecule has 9 heteroatoms. The highest BCUT2D eigenvalue weighted by Gasteiger charge is 2.29. The van der Waals surface area contributed by atoms with E-state index in [1.807, 2.05) is 5.32 Å². The highest BCUT2D eigenvalue weighted by atomic mass is 19.2. The summed E-state index contributed by atoms with van der Waals surface area (Å²) in [5.74, 6) is -5.63. The third-order valence-electron chi connectivity index (χ3n) is 3.82. The molecule has 1 unspecified atom stereocenters. The van der Waals surface area contributed by atoms with Crippen molar-refractivity contribution in [2.24, 2.45) is 0 Å². The first-order valence-electron chi connectivity index (χ1n) is 7.51. The van der Waals surface area contributed by atoms with Crippen LogP contribution in [0.4, 0.5) is 29.3 Å². The van der Waals surface area contributed by atoms with Crippen LogP contribution in [0.25, 0.3) is 0 Å². The van der Waals surface area contributed by atoms with Crippen molar-refractivity contribution in [3.8, 4) is 0 Å². The first kappa shape index (κ1) is 17.5. The lowest BCUT2D eigenvalue weighted by Gasteiger charge is -2.19. The molecule has 1 atom stereocenters. The van der Waals surface area contributed by atoms with Gasteiger partial charge in [-0.05, 0) is 23.8 Å². The number of amides is 3. The number of benzene rings is 2. The second kappa shape index (κ2) is 6.87. The summed E-state index contributed by atoms with van der Waals surface area (Å²) >= 11 is 0. The molecule has 1 heterocycles. The molecule has 0 bridgehead atoms. The molecule has 2 aromatic rings. The van der Waals surface area contributed by atoms with E-state index in [1.165, 1.54) is 0 Å². The Bertz CT molecular complexity index is 917. The minimum atomic E-state index is -1.55. The summed E-state index contributed by atoms with van der Waals surface area (Å²) in [5.41, 5.74) is -0.177.